The summed E-state index contributed by atoms with van der Waals surface area (Å²) in [4.78, 5) is 97.3. The van der Waals surface area contributed by atoms with Crippen LogP contribution in [-0.2, 0) is 66.7 Å². The van der Waals surface area contributed by atoms with Gasteiger partial charge >= 0.3 is 46.6 Å². The van der Waals surface area contributed by atoms with Crippen molar-refractivity contribution in [3.8, 4) is 0 Å². The van der Waals surface area contributed by atoms with Gasteiger partial charge in [0.05, 0.1) is 18.9 Å². The van der Waals surface area contributed by atoms with Crippen LogP contribution in [0.4, 0.5) is 0 Å². The van der Waals surface area contributed by atoms with Crippen LogP contribution in [0.3, 0.4) is 0 Å². The molecule has 0 saturated carbocycles. The van der Waals surface area contributed by atoms with Crippen molar-refractivity contribution in [2.75, 3.05) is 7.05 Å². The summed E-state index contributed by atoms with van der Waals surface area (Å²) in [6, 6.07) is 0. The van der Waals surface area contributed by atoms with Crippen LogP contribution in [0.1, 0.15) is 108 Å². The van der Waals surface area contributed by atoms with Crippen molar-refractivity contribution in [2.45, 2.75) is 111 Å². The van der Waals surface area contributed by atoms with E-state index in [0.717, 1.165) is 20.6 Å². The van der Waals surface area contributed by atoms with Crippen LogP contribution in [-0.4, -0.2) is 82.5 Å². The summed E-state index contributed by atoms with van der Waals surface area (Å²) >= 11 is 0. The van der Waals surface area contributed by atoms with Gasteiger partial charge in [0, 0.05) is 82.0 Å². The van der Waals surface area contributed by atoms with Gasteiger partial charge in [0.1, 0.15) is 8.52 Å². The molecule has 0 saturated heterocycles. The normalized spacial score (nSPS) is 15.6. The van der Waals surface area contributed by atoms with Crippen LogP contribution >= 0.6 is 0 Å². The smallest absolute Gasteiger partial charge is 0.328 e. The van der Waals surface area contributed by atoms with E-state index in [4.69, 9.17) is 21.8 Å². The number of aromatic nitrogens is 12. The number of aryl methyl sites for hydroxylation is 6. The van der Waals surface area contributed by atoms with E-state index >= 15 is 0 Å². The Labute approximate surface area is 411 Å². The first kappa shape index (κ1) is 34.5. The Morgan fingerprint density at radius 3 is 1.30 bits per heavy atom. The molecule has 6 heterocycles. The molecule has 63 heavy (non-hydrogen) atoms. The Bertz CT molecular complexity index is 3470. The minimum atomic E-state index is -3.00. The van der Waals surface area contributed by atoms with Gasteiger partial charge < -0.3 is 18.5 Å². The molecule has 0 bridgehead atoms. The van der Waals surface area contributed by atoms with E-state index in [1.54, 1.807) is 14.1 Å². The van der Waals surface area contributed by atoms with E-state index in [1.165, 1.54) is 82.8 Å². The molecule has 6 rings (SSSR count). The standard InChI is InChI=1S/C13H18N4O3.2C13H20N4O2.CH6N2.BH4.Na/c1-9(18)6-4-5-7-17-12(19)10-11(14-8-15(10)2)16(3)13(17)20;2*1-4-5-6-7-8-17-12(18)10-11(14-9-15(10)2)16(3)13(17)19;1-3-2;;/h8H,4-7H2,1-3H3;2*9H,4-8H2,1-3H3;3H,2H2,1H3;1H4;/q;;;;-1;+1/i6D2,8D;4D2,5D2,9D;4D2,5D2;;1D4;. The molecular formula is C40H68BN14NaO7. The number of Topliss-reactive ketones (excluding diaryl/α,β-unsaturated/α-hetero) is 1. The summed E-state index contributed by atoms with van der Waals surface area (Å²) in [6.45, 7) is 3.50. The molecule has 344 valence electrons. The average molecular weight is 907 g/mol. The molecule has 0 aromatic carbocycles. The van der Waals surface area contributed by atoms with Gasteiger partial charge in [-0.2, -0.15) is 0 Å². The van der Waals surface area contributed by atoms with Crippen molar-refractivity contribution in [3.63, 3.8) is 0 Å². The minimum absolute atomic E-state index is 0. The molecule has 23 heteroatoms. The number of fused-ring (bicyclic) bond motifs is 3. The first-order valence-corrected chi connectivity index (χ1v) is 19.1. The molecule has 0 fully saturated rings. The predicted octanol–water partition coefficient (Wildman–Crippen LogP) is -3.15. The van der Waals surface area contributed by atoms with Gasteiger partial charge in [0.15, 0.2) is 33.5 Å². The Hall–Kier alpha value is -4.90. The van der Waals surface area contributed by atoms with E-state index in [-0.39, 0.29) is 123 Å². The summed E-state index contributed by atoms with van der Waals surface area (Å²) < 4.78 is 126. The average Bonchev–Trinajstić information content (AvgIpc) is 3.94. The Morgan fingerprint density at radius 1 is 0.651 bits per heavy atom. The fourth-order valence-electron chi connectivity index (χ4n) is 6.06. The van der Waals surface area contributed by atoms with Gasteiger partial charge in [-0.3, -0.25) is 53.1 Å². The van der Waals surface area contributed by atoms with Crippen molar-refractivity contribution >= 4 is 47.5 Å². The van der Waals surface area contributed by atoms with Gasteiger partial charge in [-0.1, -0.05) is 60.4 Å². The second-order valence-corrected chi connectivity index (χ2v) is 13.5. The topological polar surface area (TPSA) is 241 Å². The number of hydrogen-bond acceptors (Lipinski definition) is 12. The van der Waals surface area contributed by atoms with E-state index in [9.17, 15) is 33.6 Å². The summed E-state index contributed by atoms with van der Waals surface area (Å²) in [5, 5.41) is 0. The third kappa shape index (κ3) is 13.6. The number of nitrogens with two attached hydrogens (primary N) is 1. The van der Waals surface area contributed by atoms with E-state index in [2.05, 4.69) is 26.2 Å². The summed E-state index contributed by atoms with van der Waals surface area (Å²) in [7, 11) is 7.78. The zero-order valence-electron chi connectivity index (χ0n) is 53.8. The minimum Gasteiger partial charge on any atom is -0.328 e. The zero-order valence-corrected chi connectivity index (χ0v) is 39.8. The predicted molar refractivity (Wildman–Crippen MR) is 248 cm³/mol. The molecule has 0 atom stereocenters. The maximum Gasteiger partial charge on any atom is 1.00 e. The van der Waals surface area contributed by atoms with Gasteiger partial charge in [-0.25, -0.2) is 34.7 Å². The van der Waals surface area contributed by atoms with Crippen LogP contribution in [0.2, 0.25) is 0 Å². The first-order valence-electron chi connectivity index (χ1n) is 27.4. The number of nitrogens with one attached hydrogen (secondary N) is 1. The van der Waals surface area contributed by atoms with Crippen LogP contribution in [0.5, 0.6) is 0 Å². The Balaban J connectivity index is 0.000000550. The van der Waals surface area contributed by atoms with Crippen molar-refractivity contribution in [1.82, 2.24) is 61.5 Å². The fourth-order valence-corrected chi connectivity index (χ4v) is 6.06. The quantitative estimate of drug-likeness (QED) is 0.0591. The molecular weight excluding hydrogens is 822 g/mol. The van der Waals surface area contributed by atoms with Gasteiger partial charge in [0.25, 0.3) is 16.7 Å². The number of carbonyl (C=O) groups excluding carboxylic acids is 1. The van der Waals surface area contributed by atoms with Gasteiger partial charge in [-0.15, -0.1) is 0 Å². The Morgan fingerprint density at radius 2 is 0.968 bits per heavy atom. The molecule has 21 nitrogen and oxygen atoms in total. The maximum absolute atomic E-state index is 12.5. The number of ketones is 1. The molecule has 0 amide bonds. The molecule has 0 aliphatic rings. The summed E-state index contributed by atoms with van der Waals surface area (Å²) in [6.07, 6.45) is -8.69. The van der Waals surface area contributed by atoms with E-state index in [0.29, 0.717) is 11.2 Å². The molecule has 0 radical (unpaired) electrons. The van der Waals surface area contributed by atoms with Crippen LogP contribution in [0.25, 0.3) is 33.5 Å². The number of imidazole rings is 3. The monoisotopic (exact) mass is 907 g/mol. The van der Waals surface area contributed by atoms with Gasteiger partial charge in [0.2, 0.25) is 0 Å². The van der Waals surface area contributed by atoms with E-state index in [1.807, 2.05) is 0 Å². The number of rotatable bonds is 15. The molecule has 0 spiro atoms. The zero-order chi connectivity index (χ0) is 60.8. The molecule has 0 aliphatic carbocycles. The summed E-state index contributed by atoms with van der Waals surface area (Å²) in [5.41, 5.74) is 0.111. The van der Waals surface area contributed by atoms with Crippen molar-refractivity contribution < 1.29 is 50.8 Å². The molecule has 0 unspecified atom stereocenters. The molecule has 6 aromatic heterocycles. The van der Waals surface area contributed by atoms with E-state index < -0.39 is 79.7 Å². The Kier molecular flexibility index (Phi) is 14.6. The second kappa shape index (κ2) is 26.7. The number of carbonyl (C=O) groups is 1. The van der Waals surface area contributed by atoms with Gasteiger partial charge in [-0.05, 0) is 39.7 Å². The number of hydrogen-bond donors (Lipinski definition) is 2. The van der Waals surface area contributed by atoms with Crippen LogP contribution < -0.4 is 74.6 Å². The third-order valence-electron chi connectivity index (χ3n) is 9.13. The largest absolute Gasteiger partial charge is 1.00 e. The summed E-state index contributed by atoms with van der Waals surface area (Å²) in [5.74, 6) is 4.01. The maximum atomic E-state index is 12.5. The van der Waals surface area contributed by atoms with Crippen LogP contribution in [0.15, 0.2) is 47.7 Å². The van der Waals surface area contributed by atoms with Crippen molar-refractivity contribution in [1.29, 1.82) is 5.34 Å². The number of nitrogens with zero attached hydrogens (tertiary/aromatic N) is 12. The first-order chi connectivity index (χ1) is 35.3. The fraction of sp³-hybridized carbons (Fsp3) is 0.600. The van der Waals surface area contributed by atoms with Crippen molar-refractivity contribution in [2.24, 2.45) is 48.1 Å². The SMILES string of the molecule is CNN.[2H]C([2H])(C)C([2H])([2H])CCCn1c(=O)c2c(ncn2C)n(C)c1=O.[2H][B-]([2H])([2H])[2H].[2H]c1nc2c(c(=O)n(CCCC([2H])([2H])C(C)=O)c(=O)n2C)n1C.[2H]c1nc2c(c(=O)n(CCCC([2H])([2H])C([2H])([2H])C)c(=O)n2C)n1C.[Na+]. The molecule has 3 N–H and O–H groups in total. The molecule has 6 aromatic rings. The molecule has 0 aliphatic heterocycles. The number of hydrazine groups is 1. The second-order valence-electron chi connectivity index (χ2n) is 13.5. The van der Waals surface area contributed by atoms with Crippen molar-refractivity contribution in [3.05, 3.63) is 81.4 Å². The third-order valence-corrected chi connectivity index (χ3v) is 9.13. The van der Waals surface area contributed by atoms with Crippen LogP contribution in [0, 0.1) is 0 Å².